The molecule has 1 aromatic heterocycles. The first kappa shape index (κ1) is 11.3. The topological polar surface area (TPSA) is 52.7 Å². The van der Waals surface area contributed by atoms with E-state index in [-0.39, 0.29) is 0 Å². The number of hydrogen-bond acceptors (Lipinski definition) is 3. The van der Waals surface area contributed by atoms with Crippen molar-refractivity contribution in [2.24, 2.45) is 0 Å². The Kier molecular flexibility index (Phi) is 3.28. The normalized spacial score (nSPS) is 13.3. The van der Waals surface area contributed by atoms with Gasteiger partial charge in [0.05, 0.1) is 0 Å². The molecule has 3 N–H and O–H groups in total. The molecule has 2 aromatic rings. The van der Waals surface area contributed by atoms with Gasteiger partial charge in [-0.3, -0.25) is 0 Å². The van der Waals surface area contributed by atoms with Gasteiger partial charge in [-0.25, -0.2) is 4.98 Å². The molecule has 0 saturated carbocycles. The summed E-state index contributed by atoms with van der Waals surface area (Å²) in [7, 11) is 0. The lowest BCUT2D eigenvalue weighted by Gasteiger charge is -2.09. The number of para-hydroxylation sites is 1. The van der Waals surface area contributed by atoms with Crippen LogP contribution in [0, 0.1) is 0 Å². The van der Waals surface area contributed by atoms with Crippen molar-refractivity contribution in [1.82, 2.24) is 15.3 Å². The lowest BCUT2D eigenvalue weighted by molar-refractivity contribution is 0.675. The quantitative estimate of drug-likeness (QED) is 0.700. The summed E-state index contributed by atoms with van der Waals surface area (Å²) in [5.74, 6) is 1.04. The predicted molar refractivity (Wildman–Crippen MR) is 72.6 cm³/mol. The summed E-state index contributed by atoms with van der Waals surface area (Å²) < 4.78 is 0. The Morgan fingerprint density at radius 2 is 2.33 bits per heavy atom. The van der Waals surface area contributed by atoms with Crippen LogP contribution < -0.4 is 10.6 Å². The average Bonchev–Trinajstić information content (AvgIpc) is 3.05. The van der Waals surface area contributed by atoms with Crippen LogP contribution in [0.4, 0.5) is 5.69 Å². The number of fused-ring (bicyclic) bond motifs is 1. The predicted octanol–water partition coefficient (Wildman–Crippen LogP) is 1.71. The monoisotopic (exact) mass is 242 g/mol. The Balaban J connectivity index is 1.53. The minimum Gasteiger partial charge on any atom is -0.384 e. The molecule has 4 heteroatoms. The standard InChI is InChI=1S/C14H18N4/c1-2-11-4-7-18-14(11)12(3-1)10-15-6-5-13-16-8-9-17-13/h1-3,8-9,15,18H,4-7,10H2,(H,16,17). The van der Waals surface area contributed by atoms with Gasteiger partial charge in [0, 0.05) is 44.1 Å². The Morgan fingerprint density at radius 1 is 1.33 bits per heavy atom. The Hall–Kier alpha value is -1.81. The van der Waals surface area contributed by atoms with Gasteiger partial charge in [-0.15, -0.1) is 0 Å². The van der Waals surface area contributed by atoms with Crippen molar-refractivity contribution in [3.05, 3.63) is 47.5 Å². The number of H-pyrrole nitrogens is 1. The number of hydrogen-bond donors (Lipinski definition) is 3. The second-order valence-corrected chi connectivity index (χ2v) is 4.59. The fourth-order valence-corrected chi connectivity index (χ4v) is 2.42. The smallest absolute Gasteiger partial charge is 0.107 e. The van der Waals surface area contributed by atoms with E-state index < -0.39 is 0 Å². The third-order valence-corrected chi connectivity index (χ3v) is 3.34. The molecule has 0 amide bonds. The summed E-state index contributed by atoms with van der Waals surface area (Å²) in [6, 6.07) is 6.55. The first-order valence-corrected chi connectivity index (χ1v) is 6.47. The number of benzene rings is 1. The van der Waals surface area contributed by atoms with E-state index in [0.29, 0.717) is 0 Å². The minimum absolute atomic E-state index is 0.914. The average molecular weight is 242 g/mol. The number of rotatable bonds is 5. The highest BCUT2D eigenvalue weighted by Crippen LogP contribution is 2.25. The largest absolute Gasteiger partial charge is 0.384 e. The summed E-state index contributed by atoms with van der Waals surface area (Å²) in [6.07, 6.45) is 5.75. The van der Waals surface area contributed by atoms with E-state index in [4.69, 9.17) is 0 Å². The molecule has 1 aliphatic heterocycles. The van der Waals surface area contributed by atoms with Gasteiger partial charge >= 0.3 is 0 Å². The molecular formula is C14H18N4. The molecule has 4 nitrogen and oxygen atoms in total. The van der Waals surface area contributed by atoms with Gasteiger partial charge in [0.1, 0.15) is 5.82 Å². The molecule has 0 atom stereocenters. The molecule has 0 spiro atoms. The molecular weight excluding hydrogens is 224 g/mol. The number of nitrogens with one attached hydrogen (secondary N) is 3. The zero-order valence-corrected chi connectivity index (χ0v) is 10.4. The van der Waals surface area contributed by atoms with E-state index >= 15 is 0 Å². The van der Waals surface area contributed by atoms with Crippen LogP contribution >= 0.6 is 0 Å². The first-order valence-electron chi connectivity index (χ1n) is 6.47. The highest BCUT2D eigenvalue weighted by atomic mass is 14.9. The van der Waals surface area contributed by atoms with Gasteiger partial charge in [0.25, 0.3) is 0 Å². The van der Waals surface area contributed by atoms with E-state index in [1.807, 2.05) is 6.20 Å². The number of nitrogens with zero attached hydrogens (tertiary/aromatic N) is 1. The third kappa shape index (κ3) is 2.38. The van der Waals surface area contributed by atoms with Gasteiger partial charge in [0.2, 0.25) is 0 Å². The van der Waals surface area contributed by atoms with Crippen LogP contribution in [-0.4, -0.2) is 23.1 Å². The summed E-state index contributed by atoms with van der Waals surface area (Å²) in [6.45, 7) is 2.92. The first-order chi connectivity index (χ1) is 8.93. The summed E-state index contributed by atoms with van der Waals surface area (Å²) in [4.78, 5) is 7.32. The highest BCUT2D eigenvalue weighted by Gasteiger charge is 2.12. The van der Waals surface area contributed by atoms with Crippen molar-refractivity contribution in [1.29, 1.82) is 0 Å². The highest BCUT2D eigenvalue weighted by molar-refractivity contribution is 5.61. The summed E-state index contributed by atoms with van der Waals surface area (Å²) in [5, 5.41) is 6.93. The van der Waals surface area contributed by atoms with E-state index in [2.05, 4.69) is 38.8 Å². The Morgan fingerprint density at radius 3 is 3.22 bits per heavy atom. The molecule has 2 heterocycles. The van der Waals surface area contributed by atoms with E-state index in [1.165, 1.54) is 16.8 Å². The van der Waals surface area contributed by atoms with Crippen LogP contribution in [0.15, 0.2) is 30.6 Å². The van der Waals surface area contributed by atoms with Crippen molar-refractivity contribution in [2.75, 3.05) is 18.4 Å². The fraction of sp³-hybridized carbons (Fsp3) is 0.357. The molecule has 0 radical (unpaired) electrons. The van der Waals surface area contributed by atoms with Crippen LogP contribution in [0.5, 0.6) is 0 Å². The molecule has 0 saturated heterocycles. The molecule has 0 bridgehead atoms. The van der Waals surface area contributed by atoms with Crippen LogP contribution in [0.1, 0.15) is 17.0 Å². The minimum atomic E-state index is 0.914. The lowest BCUT2D eigenvalue weighted by atomic mass is 10.1. The van der Waals surface area contributed by atoms with Crippen molar-refractivity contribution in [3.63, 3.8) is 0 Å². The molecule has 18 heavy (non-hydrogen) atoms. The zero-order chi connectivity index (χ0) is 12.2. The van der Waals surface area contributed by atoms with Crippen molar-refractivity contribution in [3.8, 4) is 0 Å². The van der Waals surface area contributed by atoms with Gasteiger partial charge in [-0.05, 0) is 17.5 Å². The number of aromatic amines is 1. The number of anilines is 1. The number of aromatic nitrogens is 2. The van der Waals surface area contributed by atoms with Gasteiger partial charge in [-0.1, -0.05) is 18.2 Å². The Bertz CT molecular complexity index is 505. The summed E-state index contributed by atoms with van der Waals surface area (Å²) >= 11 is 0. The van der Waals surface area contributed by atoms with Gasteiger partial charge in [0.15, 0.2) is 0 Å². The van der Waals surface area contributed by atoms with Crippen LogP contribution in [-0.2, 0) is 19.4 Å². The second kappa shape index (κ2) is 5.23. The molecule has 1 aliphatic rings. The fourth-order valence-electron chi connectivity index (χ4n) is 2.42. The molecule has 3 rings (SSSR count). The molecule has 0 unspecified atom stereocenters. The van der Waals surface area contributed by atoms with Crippen molar-refractivity contribution < 1.29 is 0 Å². The SMILES string of the molecule is c1cc2c(c(CNCCc3ncc[nH]3)c1)NCC2. The Labute approximate surface area is 107 Å². The van der Waals surface area contributed by atoms with Crippen molar-refractivity contribution in [2.45, 2.75) is 19.4 Å². The maximum absolute atomic E-state index is 4.21. The summed E-state index contributed by atoms with van der Waals surface area (Å²) in [5.41, 5.74) is 4.15. The van der Waals surface area contributed by atoms with Crippen LogP contribution in [0.3, 0.4) is 0 Å². The maximum atomic E-state index is 4.21. The lowest BCUT2D eigenvalue weighted by Crippen LogP contribution is -2.17. The second-order valence-electron chi connectivity index (χ2n) is 4.59. The van der Waals surface area contributed by atoms with Crippen LogP contribution in [0.25, 0.3) is 0 Å². The molecule has 1 aromatic carbocycles. The van der Waals surface area contributed by atoms with E-state index in [1.54, 1.807) is 6.20 Å². The van der Waals surface area contributed by atoms with E-state index in [0.717, 1.165) is 38.3 Å². The molecule has 94 valence electrons. The molecule has 0 aliphatic carbocycles. The van der Waals surface area contributed by atoms with Gasteiger partial charge < -0.3 is 15.6 Å². The maximum Gasteiger partial charge on any atom is 0.107 e. The van der Waals surface area contributed by atoms with E-state index in [9.17, 15) is 0 Å². The third-order valence-electron chi connectivity index (χ3n) is 3.34. The van der Waals surface area contributed by atoms with Gasteiger partial charge in [-0.2, -0.15) is 0 Å². The zero-order valence-electron chi connectivity index (χ0n) is 10.4. The molecule has 0 fully saturated rings. The number of imidazole rings is 1. The van der Waals surface area contributed by atoms with Crippen LogP contribution in [0.2, 0.25) is 0 Å². The van der Waals surface area contributed by atoms with Crippen molar-refractivity contribution >= 4 is 5.69 Å².